The maximum atomic E-state index is 12.3. The molecule has 0 spiro atoms. The molecular weight excluding hydrogens is 328 g/mol. The lowest BCUT2D eigenvalue weighted by Gasteiger charge is -2.03. The van der Waals surface area contributed by atoms with E-state index < -0.39 is 11.2 Å². The van der Waals surface area contributed by atoms with E-state index in [1.165, 1.54) is 47.6 Å². The predicted molar refractivity (Wildman–Crippen MR) is 92.2 cm³/mol. The molecule has 25 heavy (non-hydrogen) atoms. The van der Waals surface area contributed by atoms with Crippen molar-refractivity contribution in [3.8, 4) is 11.5 Å². The van der Waals surface area contributed by atoms with Crippen LogP contribution < -0.4 is 16.7 Å². The molecule has 10 heteroatoms. The molecular formula is C15H16N6O4. The Morgan fingerprint density at radius 2 is 1.84 bits per heavy atom. The molecule has 2 heterocycles. The summed E-state index contributed by atoms with van der Waals surface area (Å²) in [5, 5.41) is 22.9. The number of fused-ring (bicyclic) bond motifs is 1. The van der Waals surface area contributed by atoms with E-state index in [4.69, 9.17) is 0 Å². The second-order valence-electron chi connectivity index (χ2n) is 5.49. The number of hydrogen-bond donors (Lipinski definition) is 3. The molecule has 10 nitrogen and oxygen atoms in total. The van der Waals surface area contributed by atoms with Crippen molar-refractivity contribution >= 4 is 23.3 Å². The molecule has 0 saturated carbocycles. The fraction of sp³-hybridized carbons (Fsp3) is 0.200. The van der Waals surface area contributed by atoms with Crippen LogP contribution in [0, 0.1) is 0 Å². The quantitative estimate of drug-likeness (QED) is 0.447. The van der Waals surface area contributed by atoms with Gasteiger partial charge in [0.15, 0.2) is 11.2 Å². The lowest BCUT2D eigenvalue weighted by Crippen LogP contribution is -2.37. The van der Waals surface area contributed by atoms with Crippen molar-refractivity contribution in [3.63, 3.8) is 0 Å². The summed E-state index contributed by atoms with van der Waals surface area (Å²) < 4.78 is 3.77. The minimum absolute atomic E-state index is 0.0604. The number of aryl methyl sites for hydroxylation is 2. The van der Waals surface area contributed by atoms with Gasteiger partial charge in [0.05, 0.1) is 6.21 Å². The van der Waals surface area contributed by atoms with Gasteiger partial charge >= 0.3 is 5.69 Å². The van der Waals surface area contributed by atoms with Crippen LogP contribution in [0.5, 0.6) is 11.5 Å². The normalized spacial score (nSPS) is 11.5. The van der Waals surface area contributed by atoms with Crippen LogP contribution >= 0.6 is 0 Å². The SMILES string of the molecule is Cn1c(=O)c2c(nc(NN=Cc3ccc(O)cc3O)n2C)n(C)c1=O. The number of aromatic hydroxyl groups is 2. The summed E-state index contributed by atoms with van der Waals surface area (Å²) in [6.45, 7) is 0. The molecule has 130 valence electrons. The first kappa shape index (κ1) is 16.3. The van der Waals surface area contributed by atoms with E-state index in [1.807, 2.05) is 0 Å². The van der Waals surface area contributed by atoms with Crippen molar-refractivity contribution < 1.29 is 10.2 Å². The number of hydrazone groups is 1. The third kappa shape index (κ3) is 2.63. The maximum Gasteiger partial charge on any atom is 0.332 e. The molecule has 3 N–H and O–H groups in total. The van der Waals surface area contributed by atoms with Crippen LogP contribution in [-0.2, 0) is 21.1 Å². The second-order valence-corrected chi connectivity index (χ2v) is 5.49. The summed E-state index contributed by atoms with van der Waals surface area (Å²) >= 11 is 0. The highest BCUT2D eigenvalue weighted by molar-refractivity contribution is 5.84. The summed E-state index contributed by atoms with van der Waals surface area (Å²) in [5.41, 5.74) is 2.62. The van der Waals surface area contributed by atoms with E-state index in [-0.39, 0.29) is 28.6 Å². The first-order valence-corrected chi connectivity index (χ1v) is 7.24. The van der Waals surface area contributed by atoms with Gasteiger partial charge in [-0.15, -0.1) is 0 Å². The fourth-order valence-electron chi connectivity index (χ4n) is 2.42. The number of benzene rings is 1. The molecule has 0 amide bonds. The number of hydrogen-bond acceptors (Lipinski definition) is 7. The Morgan fingerprint density at radius 1 is 1.12 bits per heavy atom. The standard InChI is InChI=1S/C15H16N6O4/c1-19-11-12(20(2)15(25)21(3)13(11)24)17-14(19)18-16-7-8-4-5-9(22)6-10(8)23/h4-7,22-23H,1-3H3,(H,17,18). The first-order valence-electron chi connectivity index (χ1n) is 7.24. The van der Waals surface area contributed by atoms with Crippen LogP contribution in [0.1, 0.15) is 5.56 Å². The minimum Gasteiger partial charge on any atom is -0.508 e. The molecule has 0 aliphatic heterocycles. The number of nitrogens with zero attached hydrogens (tertiary/aromatic N) is 5. The first-order chi connectivity index (χ1) is 11.8. The molecule has 1 aromatic carbocycles. The third-order valence-electron chi connectivity index (χ3n) is 3.86. The van der Waals surface area contributed by atoms with Gasteiger partial charge in [0.2, 0.25) is 5.95 Å². The second kappa shape index (κ2) is 5.82. The molecule has 0 aliphatic rings. The number of anilines is 1. The molecule has 3 rings (SSSR count). The van der Waals surface area contributed by atoms with Gasteiger partial charge in [-0.25, -0.2) is 10.2 Å². The van der Waals surface area contributed by atoms with Crippen molar-refractivity contribution in [2.45, 2.75) is 0 Å². The van der Waals surface area contributed by atoms with Crippen LogP contribution in [-0.4, -0.2) is 35.1 Å². The van der Waals surface area contributed by atoms with E-state index in [1.54, 1.807) is 7.05 Å². The molecule has 3 aromatic rings. The van der Waals surface area contributed by atoms with Crippen molar-refractivity contribution in [1.82, 2.24) is 18.7 Å². The van der Waals surface area contributed by atoms with Crippen molar-refractivity contribution in [2.75, 3.05) is 5.43 Å². The van der Waals surface area contributed by atoms with Gasteiger partial charge in [0.25, 0.3) is 5.56 Å². The Hall–Kier alpha value is -3.56. The summed E-state index contributed by atoms with van der Waals surface area (Å²) in [6.07, 6.45) is 1.34. The zero-order chi connectivity index (χ0) is 18.3. The summed E-state index contributed by atoms with van der Waals surface area (Å²) in [7, 11) is 4.55. The Morgan fingerprint density at radius 3 is 2.52 bits per heavy atom. The van der Waals surface area contributed by atoms with Crippen LogP contribution in [0.15, 0.2) is 32.9 Å². The predicted octanol–water partition coefficient (Wildman–Crippen LogP) is -0.172. The van der Waals surface area contributed by atoms with Crippen LogP contribution in [0.3, 0.4) is 0 Å². The third-order valence-corrected chi connectivity index (χ3v) is 3.86. The average molecular weight is 344 g/mol. The molecule has 0 fully saturated rings. The zero-order valence-corrected chi connectivity index (χ0v) is 13.8. The van der Waals surface area contributed by atoms with Crippen LogP contribution in [0.2, 0.25) is 0 Å². The van der Waals surface area contributed by atoms with Gasteiger partial charge in [-0.2, -0.15) is 10.1 Å². The number of phenols is 2. The number of nitrogens with one attached hydrogen (secondary N) is 1. The molecule has 0 aliphatic carbocycles. The van der Waals surface area contributed by atoms with Crippen LogP contribution in [0.4, 0.5) is 5.95 Å². The van der Waals surface area contributed by atoms with E-state index in [0.717, 1.165) is 4.57 Å². The van der Waals surface area contributed by atoms with E-state index in [2.05, 4.69) is 15.5 Å². The highest BCUT2D eigenvalue weighted by Crippen LogP contribution is 2.21. The van der Waals surface area contributed by atoms with Gasteiger partial charge in [-0.05, 0) is 12.1 Å². The fourth-order valence-corrected chi connectivity index (χ4v) is 2.42. The number of rotatable bonds is 3. The molecule has 2 aromatic heterocycles. The minimum atomic E-state index is -0.473. The van der Waals surface area contributed by atoms with Gasteiger partial charge in [0.1, 0.15) is 11.5 Å². The van der Waals surface area contributed by atoms with E-state index >= 15 is 0 Å². The Balaban J connectivity index is 2.00. The van der Waals surface area contributed by atoms with Gasteiger partial charge < -0.3 is 14.8 Å². The summed E-state index contributed by atoms with van der Waals surface area (Å²) in [4.78, 5) is 28.5. The molecule has 0 unspecified atom stereocenters. The molecule has 0 bridgehead atoms. The monoisotopic (exact) mass is 344 g/mol. The summed E-state index contributed by atoms with van der Waals surface area (Å²) in [5.74, 6) is 0.0596. The summed E-state index contributed by atoms with van der Waals surface area (Å²) in [6, 6.07) is 4.09. The molecule has 0 atom stereocenters. The maximum absolute atomic E-state index is 12.3. The number of imidazole rings is 1. The van der Waals surface area contributed by atoms with Crippen molar-refractivity contribution in [3.05, 3.63) is 44.6 Å². The van der Waals surface area contributed by atoms with E-state index in [9.17, 15) is 19.8 Å². The Labute approximate surface area is 140 Å². The van der Waals surface area contributed by atoms with Crippen LogP contribution in [0.25, 0.3) is 11.2 Å². The smallest absolute Gasteiger partial charge is 0.332 e. The Bertz CT molecular complexity index is 1120. The average Bonchev–Trinajstić information content (AvgIpc) is 2.90. The highest BCUT2D eigenvalue weighted by atomic mass is 16.3. The van der Waals surface area contributed by atoms with E-state index in [0.29, 0.717) is 5.56 Å². The van der Waals surface area contributed by atoms with Gasteiger partial charge in [0, 0.05) is 32.8 Å². The largest absolute Gasteiger partial charge is 0.508 e. The number of phenolic OH excluding ortho intramolecular Hbond substituents is 2. The Kier molecular flexibility index (Phi) is 3.79. The molecule has 0 radical (unpaired) electrons. The van der Waals surface area contributed by atoms with Crippen molar-refractivity contribution in [1.29, 1.82) is 0 Å². The van der Waals surface area contributed by atoms with Gasteiger partial charge in [-0.1, -0.05) is 0 Å². The lowest BCUT2D eigenvalue weighted by atomic mass is 10.2. The lowest BCUT2D eigenvalue weighted by molar-refractivity contribution is 0.450. The van der Waals surface area contributed by atoms with Gasteiger partial charge in [-0.3, -0.25) is 13.9 Å². The van der Waals surface area contributed by atoms with Crippen molar-refractivity contribution in [2.24, 2.45) is 26.2 Å². The number of aromatic nitrogens is 4. The zero-order valence-electron chi connectivity index (χ0n) is 13.8. The highest BCUT2D eigenvalue weighted by Gasteiger charge is 2.16. The molecule has 0 saturated heterocycles. The topological polar surface area (TPSA) is 127 Å².